The molecule has 0 spiro atoms. The Bertz CT molecular complexity index is 293. The van der Waals surface area contributed by atoms with Crippen molar-refractivity contribution in [3.05, 3.63) is 23.4 Å². The van der Waals surface area contributed by atoms with E-state index < -0.39 is 0 Å². The van der Waals surface area contributed by atoms with Gasteiger partial charge in [0.1, 0.15) is 0 Å². The molecular formula is C9H10FNO. The van der Waals surface area contributed by atoms with E-state index in [2.05, 4.69) is 0 Å². The standard InChI is InChI=1S/C9H10FNO/c1-6-4-7-2-3-8(12)5-9(7)11(6)10/h2,5-6H,3-4H2,1H3. The Morgan fingerprint density at radius 1 is 1.67 bits per heavy atom. The first-order valence-corrected chi connectivity index (χ1v) is 4.07. The lowest BCUT2D eigenvalue weighted by molar-refractivity contribution is -0.114. The van der Waals surface area contributed by atoms with Crippen molar-refractivity contribution in [1.29, 1.82) is 0 Å². The largest absolute Gasteiger partial charge is 0.294 e. The first-order valence-electron chi connectivity index (χ1n) is 4.07. The van der Waals surface area contributed by atoms with Crippen molar-refractivity contribution in [2.75, 3.05) is 0 Å². The van der Waals surface area contributed by atoms with Crippen LogP contribution < -0.4 is 0 Å². The first kappa shape index (κ1) is 7.53. The van der Waals surface area contributed by atoms with Crippen LogP contribution in [0.1, 0.15) is 19.8 Å². The molecule has 1 saturated heterocycles. The minimum Gasteiger partial charge on any atom is -0.294 e. The van der Waals surface area contributed by atoms with Crippen LogP contribution in [0.5, 0.6) is 0 Å². The van der Waals surface area contributed by atoms with E-state index in [1.54, 1.807) is 0 Å². The molecule has 1 unspecified atom stereocenters. The van der Waals surface area contributed by atoms with Crippen molar-refractivity contribution in [1.82, 2.24) is 5.12 Å². The molecule has 0 bridgehead atoms. The summed E-state index contributed by atoms with van der Waals surface area (Å²) in [6.45, 7) is 1.81. The lowest BCUT2D eigenvalue weighted by Crippen LogP contribution is -2.16. The van der Waals surface area contributed by atoms with E-state index >= 15 is 0 Å². The molecule has 0 amide bonds. The molecule has 64 valence electrons. The van der Waals surface area contributed by atoms with Gasteiger partial charge in [0, 0.05) is 12.5 Å². The van der Waals surface area contributed by atoms with Gasteiger partial charge in [-0.05, 0) is 18.9 Å². The zero-order valence-corrected chi connectivity index (χ0v) is 6.88. The van der Waals surface area contributed by atoms with Gasteiger partial charge < -0.3 is 0 Å². The van der Waals surface area contributed by atoms with Crippen molar-refractivity contribution in [2.24, 2.45) is 0 Å². The molecule has 1 aliphatic heterocycles. The van der Waals surface area contributed by atoms with Crippen molar-refractivity contribution < 1.29 is 9.28 Å². The Morgan fingerprint density at radius 2 is 2.42 bits per heavy atom. The SMILES string of the molecule is CC1CC2=CCC(=O)C=C2N1F. The Balaban J connectivity index is 2.37. The number of halogens is 1. The number of rotatable bonds is 0. The molecule has 1 fully saturated rings. The summed E-state index contributed by atoms with van der Waals surface area (Å²) in [7, 11) is 0. The lowest BCUT2D eigenvalue weighted by atomic mass is 10.0. The van der Waals surface area contributed by atoms with Crippen LogP contribution in [0.15, 0.2) is 23.4 Å². The van der Waals surface area contributed by atoms with Gasteiger partial charge in [-0.2, -0.15) is 0 Å². The summed E-state index contributed by atoms with van der Waals surface area (Å²) in [6.07, 6.45) is 4.38. The van der Waals surface area contributed by atoms with Crippen molar-refractivity contribution in [3.8, 4) is 0 Å². The molecule has 0 aromatic carbocycles. The quantitative estimate of drug-likeness (QED) is 0.512. The van der Waals surface area contributed by atoms with Crippen LogP contribution in [-0.2, 0) is 4.79 Å². The summed E-state index contributed by atoms with van der Waals surface area (Å²) >= 11 is 0. The van der Waals surface area contributed by atoms with Crippen molar-refractivity contribution >= 4 is 5.78 Å². The predicted octanol–water partition coefficient (Wildman–Crippen LogP) is 1.75. The van der Waals surface area contributed by atoms with Gasteiger partial charge in [0.15, 0.2) is 5.78 Å². The normalized spacial score (nSPS) is 28.3. The smallest absolute Gasteiger partial charge is 0.161 e. The predicted molar refractivity (Wildman–Crippen MR) is 42.8 cm³/mol. The maximum atomic E-state index is 13.2. The van der Waals surface area contributed by atoms with Crippen molar-refractivity contribution in [2.45, 2.75) is 25.8 Å². The maximum absolute atomic E-state index is 13.2. The van der Waals surface area contributed by atoms with Gasteiger partial charge in [0.05, 0.1) is 11.7 Å². The number of ketones is 1. The van der Waals surface area contributed by atoms with Crippen molar-refractivity contribution in [3.63, 3.8) is 0 Å². The third kappa shape index (κ3) is 0.967. The van der Waals surface area contributed by atoms with Crippen LogP contribution in [0, 0.1) is 0 Å². The zero-order valence-electron chi connectivity index (χ0n) is 6.88. The van der Waals surface area contributed by atoms with Gasteiger partial charge >= 0.3 is 0 Å². The van der Waals surface area contributed by atoms with Crippen LogP contribution in [0.25, 0.3) is 0 Å². The number of allylic oxidation sites excluding steroid dienone is 3. The molecule has 2 aliphatic rings. The molecule has 2 rings (SSSR count). The average Bonchev–Trinajstić information content (AvgIpc) is 2.31. The van der Waals surface area contributed by atoms with E-state index in [9.17, 15) is 9.28 Å². The summed E-state index contributed by atoms with van der Waals surface area (Å²) in [5, 5.41) is 0.683. The summed E-state index contributed by atoms with van der Waals surface area (Å²) in [4.78, 5) is 10.9. The number of fused-ring (bicyclic) bond motifs is 1. The number of hydrogen-bond acceptors (Lipinski definition) is 2. The van der Waals surface area contributed by atoms with Crippen LogP contribution in [0.2, 0.25) is 0 Å². The van der Waals surface area contributed by atoms with Gasteiger partial charge in [-0.3, -0.25) is 4.79 Å². The number of nitrogens with zero attached hydrogens (tertiary/aromatic N) is 1. The highest BCUT2D eigenvalue weighted by molar-refractivity contribution is 5.93. The molecule has 12 heavy (non-hydrogen) atoms. The monoisotopic (exact) mass is 167 g/mol. The van der Waals surface area contributed by atoms with E-state index in [1.807, 2.05) is 13.0 Å². The van der Waals surface area contributed by atoms with Gasteiger partial charge in [-0.15, -0.1) is 0 Å². The maximum Gasteiger partial charge on any atom is 0.161 e. The van der Waals surface area contributed by atoms with E-state index in [4.69, 9.17) is 0 Å². The number of carbonyl (C=O) groups is 1. The number of carbonyl (C=O) groups excluding carboxylic acids is 1. The molecule has 0 saturated carbocycles. The van der Waals surface area contributed by atoms with Gasteiger partial charge in [0.25, 0.3) is 0 Å². The van der Waals surface area contributed by atoms with Gasteiger partial charge in [-0.25, -0.2) is 5.12 Å². The highest BCUT2D eigenvalue weighted by Gasteiger charge is 2.31. The van der Waals surface area contributed by atoms with Gasteiger partial charge in [0.2, 0.25) is 0 Å². The fourth-order valence-corrected chi connectivity index (χ4v) is 1.66. The summed E-state index contributed by atoms with van der Waals surface area (Å²) < 4.78 is 13.2. The summed E-state index contributed by atoms with van der Waals surface area (Å²) in [5.41, 5.74) is 1.45. The second kappa shape index (κ2) is 2.44. The van der Waals surface area contributed by atoms with E-state index in [0.717, 1.165) is 12.0 Å². The Labute approximate surface area is 70.3 Å². The third-order valence-corrected chi connectivity index (χ3v) is 2.31. The molecule has 3 heteroatoms. The Kier molecular flexibility index (Phi) is 1.53. The number of hydrogen-bond donors (Lipinski definition) is 0. The average molecular weight is 167 g/mol. The van der Waals surface area contributed by atoms with Crippen LogP contribution >= 0.6 is 0 Å². The first-order chi connectivity index (χ1) is 5.68. The molecule has 1 heterocycles. The lowest BCUT2D eigenvalue weighted by Gasteiger charge is -2.13. The molecule has 0 N–H and O–H groups in total. The molecule has 0 aromatic rings. The zero-order chi connectivity index (χ0) is 8.72. The van der Waals surface area contributed by atoms with Gasteiger partial charge in [-0.1, -0.05) is 10.6 Å². The van der Waals surface area contributed by atoms with Crippen LogP contribution in [0.4, 0.5) is 4.48 Å². The fraction of sp³-hybridized carbons (Fsp3) is 0.444. The highest BCUT2D eigenvalue weighted by Crippen LogP contribution is 2.34. The van der Waals surface area contributed by atoms with E-state index in [-0.39, 0.29) is 11.8 Å². The second-order valence-corrected chi connectivity index (χ2v) is 3.29. The minimum absolute atomic E-state index is 0.00880. The molecular weight excluding hydrogens is 157 g/mol. The summed E-state index contributed by atoms with van der Waals surface area (Å²) in [6, 6.07) is -0.117. The van der Waals surface area contributed by atoms with E-state index in [1.165, 1.54) is 6.08 Å². The fourth-order valence-electron chi connectivity index (χ4n) is 1.66. The third-order valence-electron chi connectivity index (χ3n) is 2.31. The minimum atomic E-state index is -0.117. The highest BCUT2D eigenvalue weighted by atomic mass is 19.2. The van der Waals surface area contributed by atoms with Crippen LogP contribution in [0.3, 0.4) is 0 Å². The Morgan fingerprint density at radius 3 is 3.17 bits per heavy atom. The molecule has 1 aliphatic carbocycles. The molecule has 1 atom stereocenters. The molecule has 0 aromatic heterocycles. The second-order valence-electron chi connectivity index (χ2n) is 3.29. The topological polar surface area (TPSA) is 20.3 Å². The van der Waals surface area contributed by atoms with Crippen LogP contribution in [-0.4, -0.2) is 16.9 Å². The molecule has 2 nitrogen and oxygen atoms in total. The summed E-state index contributed by atoms with van der Waals surface area (Å²) in [5.74, 6) is -0.00880. The Hall–Kier alpha value is -1.12. The van der Waals surface area contributed by atoms with E-state index in [0.29, 0.717) is 17.2 Å². The molecule has 0 radical (unpaired) electrons.